The Labute approximate surface area is 130 Å². The molecule has 1 saturated heterocycles. The summed E-state index contributed by atoms with van der Waals surface area (Å²) in [5.74, 6) is 0.0224. The maximum Gasteiger partial charge on any atom is 0.292 e. The lowest BCUT2D eigenvalue weighted by molar-refractivity contribution is -0.384. The number of piperazine rings is 1. The van der Waals surface area contributed by atoms with Crippen molar-refractivity contribution in [1.29, 1.82) is 0 Å². The standard InChI is InChI=1S/C15H22N4O3/c1-12(2)16-15(20)11-17-7-9-18(10-8-17)13-5-3-4-6-14(13)19(21)22/h3-6,12H,7-11H2,1-2H3,(H,16,20). The highest BCUT2D eigenvalue weighted by Gasteiger charge is 2.24. The minimum Gasteiger partial charge on any atom is -0.363 e. The Morgan fingerprint density at radius 2 is 1.91 bits per heavy atom. The van der Waals surface area contributed by atoms with Gasteiger partial charge in [0.05, 0.1) is 11.5 Å². The summed E-state index contributed by atoms with van der Waals surface area (Å²) in [7, 11) is 0. The van der Waals surface area contributed by atoms with Crippen LogP contribution in [-0.4, -0.2) is 54.5 Å². The van der Waals surface area contributed by atoms with Gasteiger partial charge in [0.25, 0.3) is 5.69 Å². The van der Waals surface area contributed by atoms with Gasteiger partial charge in [-0.3, -0.25) is 19.8 Å². The lowest BCUT2D eigenvalue weighted by Crippen LogP contribution is -2.50. The van der Waals surface area contributed by atoms with Crippen molar-refractivity contribution in [3.05, 3.63) is 34.4 Å². The van der Waals surface area contributed by atoms with Crippen LogP contribution in [0.1, 0.15) is 13.8 Å². The van der Waals surface area contributed by atoms with Gasteiger partial charge in [-0.05, 0) is 19.9 Å². The normalized spacial score (nSPS) is 15.9. The van der Waals surface area contributed by atoms with E-state index < -0.39 is 0 Å². The molecule has 2 rings (SSSR count). The lowest BCUT2D eigenvalue weighted by Gasteiger charge is -2.35. The molecule has 0 bridgehead atoms. The van der Waals surface area contributed by atoms with Crippen molar-refractivity contribution < 1.29 is 9.72 Å². The van der Waals surface area contributed by atoms with Crippen LogP contribution in [0, 0.1) is 10.1 Å². The number of anilines is 1. The van der Waals surface area contributed by atoms with Crippen LogP contribution in [0.3, 0.4) is 0 Å². The summed E-state index contributed by atoms with van der Waals surface area (Å²) in [5, 5.41) is 14.0. The van der Waals surface area contributed by atoms with E-state index in [0.29, 0.717) is 25.3 Å². The van der Waals surface area contributed by atoms with E-state index in [1.54, 1.807) is 12.1 Å². The Balaban J connectivity index is 1.93. The summed E-state index contributed by atoms with van der Waals surface area (Å²) in [4.78, 5) is 26.6. The fourth-order valence-corrected chi connectivity index (χ4v) is 2.60. The first-order valence-corrected chi connectivity index (χ1v) is 7.47. The Kier molecular flexibility index (Phi) is 5.32. The molecule has 1 N–H and O–H groups in total. The quantitative estimate of drug-likeness (QED) is 0.654. The van der Waals surface area contributed by atoms with Gasteiger partial charge in [-0.15, -0.1) is 0 Å². The monoisotopic (exact) mass is 306 g/mol. The summed E-state index contributed by atoms with van der Waals surface area (Å²) in [6, 6.07) is 6.93. The first-order chi connectivity index (χ1) is 10.5. The number of nitro benzene ring substituents is 1. The molecular formula is C15H22N4O3. The Morgan fingerprint density at radius 1 is 1.27 bits per heavy atom. The third kappa shape index (κ3) is 4.17. The van der Waals surface area contributed by atoms with E-state index in [2.05, 4.69) is 10.2 Å². The average Bonchev–Trinajstić information content (AvgIpc) is 2.47. The van der Waals surface area contributed by atoms with E-state index in [4.69, 9.17) is 0 Å². The number of nitro groups is 1. The minimum absolute atomic E-state index is 0.0224. The van der Waals surface area contributed by atoms with Gasteiger partial charge in [-0.25, -0.2) is 0 Å². The molecule has 0 aromatic heterocycles. The number of nitrogens with one attached hydrogen (secondary N) is 1. The van der Waals surface area contributed by atoms with E-state index in [1.807, 2.05) is 24.8 Å². The first-order valence-electron chi connectivity index (χ1n) is 7.47. The molecule has 7 nitrogen and oxygen atoms in total. The van der Waals surface area contributed by atoms with Crippen LogP contribution in [0.15, 0.2) is 24.3 Å². The largest absolute Gasteiger partial charge is 0.363 e. The van der Waals surface area contributed by atoms with Crippen LogP contribution in [0.25, 0.3) is 0 Å². The van der Waals surface area contributed by atoms with Gasteiger partial charge >= 0.3 is 0 Å². The molecule has 1 aliphatic heterocycles. The van der Waals surface area contributed by atoms with Crippen molar-refractivity contribution in [3.63, 3.8) is 0 Å². The third-order valence-electron chi connectivity index (χ3n) is 3.61. The molecule has 0 spiro atoms. The second-order valence-corrected chi connectivity index (χ2v) is 5.73. The molecule has 120 valence electrons. The number of amides is 1. The van der Waals surface area contributed by atoms with Crippen molar-refractivity contribution in [2.24, 2.45) is 0 Å². The highest BCUT2D eigenvalue weighted by molar-refractivity contribution is 5.78. The predicted molar refractivity (Wildman–Crippen MR) is 85.0 cm³/mol. The number of para-hydroxylation sites is 2. The summed E-state index contributed by atoms with van der Waals surface area (Å²) < 4.78 is 0. The number of rotatable bonds is 5. The van der Waals surface area contributed by atoms with Crippen LogP contribution in [0.4, 0.5) is 11.4 Å². The van der Waals surface area contributed by atoms with Crippen LogP contribution < -0.4 is 10.2 Å². The molecule has 22 heavy (non-hydrogen) atoms. The van der Waals surface area contributed by atoms with Crippen molar-refractivity contribution in [3.8, 4) is 0 Å². The maximum absolute atomic E-state index is 11.8. The molecule has 1 fully saturated rings. The molecule has 0 aliphatic carbocycles. The minimum atomic E-state index is -0.349. The fourth-order valence-electron chi connectivity index (χ4n) is 2.60. The molecular weight excluding hydrogens is 284 g/mol. The number of carbonyl (C=O) groups excluding carboxylic acids is 1. The van der Waals surface area contributed by atoms with Gasteiger partial charge in [-0.1, -0.05) is 12.1 Å². The number of hydrogen-bond acceptors (Lipinski definition) is 5. The number of nitrogens with zero attached hydrogens (tertiary/aromatic N) is 3. The fraction of sp³-hybridized carbons (Fsp3) is 0.533. The second-order valence-electron chi connectivity index (χ2n) is 5.73. The SMILES string of the molecule is CC(C)NC(=O)CN1CCN(c2ccccc2[N+](=O)[O-])CC1. The Hall–Kier alpha value is -2.15. The van der Waals surface area contributed by atoms with Crippen LogP contribution in [0.5, 0.6) is 0 Å². The van der Waals surface area contributed by atoms with E-state index in [1.165, 1.54) is 6.07 Å². The van der Waals surface area contributed by atoms with E-state index in [0.717, 1.165) is 13.1 Å². The molecule has 0 radical (unpaired) electrons. The molecule has 0 atom stereocenters. The van der Waals surface area contributed by atoms with Gasteiger partial charge in [0, 0.05) is 38.3 Å². The summed E-state index contributed by atoms with van der Waals surface area (Å²) in [5.41, 5.74) is 0.785. The van der Waals surface area contributed by atoms with E-state index in [-0.39, 0.29) is 22.6 Å². The van der Waals surface area contributed by atoms with Gasteiger partial charge < -0.3 is 10.2 Å². The zero-order chi connectivity index (χ0) is 16.1. The van der Waals surface area contributed by atoms with Crippen molar-refractivity contribution >= 4 is 17.3 Å². The molecule has 1 amide bonds. The molecule has 1 aliphatic rings. The van der Waals surface area contributed by atoms with E-state index >= 15 is 0 Å². The lowest BCUT2D eigenvalue weighted by atomic mass is 10.2. The van der Waals surface area contributed by atoms with Crippen LogP contribution in [0.2, 0.25) is 0 Å². The van der Waals surface area contributed by atoms with Crippen LogP contribution >= 0.6 is 0 Å². The molecule has 1 aromatic carbocycles. The highest BCUT2D eigenvalue weighted by Crippen LogP contribution is 2.28. The highest BCUT2D eigenvalue weighted by atomic mass is 16.6. The van der Waals surface area contributed by atoms with Gasteiger partial charge in [0.1, 0.15) is 5.69 Å². The molecule has 1 heterocycles. The Morgan fingerprint density at radius 3 is 2.50 bits per heavy atom. The number of benzene rings is 1. The van der Waals surface area contributed by atoms with Crippen LogP contribution in [-0.2, 0) is 4.79 Å². The summed E-state index contributed by atoms with van der Waals surface area (Å²) in [6.45, 7) is 7.05. The van der Waals surface area contributed by atoms with Gasteiger partial charge in [0.15, 0.2) is 0 Å². The average molecular weight is 306 g/mol. The maximum atomic E-state index is 11.8. The summed E-state index contributed by atoms with van der Waals surface area (Å²) >= 11 is 0. The van der Waals surface area contributed by atoms with Gasteiger partial charge in [-0.2, -0.15) is 0 Å². The van der Waals surface area contributed by atoms with Crippen molar-refractivity contribution in [2.45, 2.75) is 19.9 Å². The predicted octanol–water partition coefficient (Wildman–Crippen LogP) is 1.24. The third-order valence-corrected chi connectivity index (χ3v) is 3.61. The second kappa shape index (κ2) is 7.22. The van der Waals surface area contributed by atoms with E-state index in [9.17, 15) is 14.9 Å². The molecule has 0 saturated carbocycles. The molecule has 7 heteroatoms. The van der Waals surface area contributed by atoms with Gasteiger partial charge in [0.2, 0.25) is 5.91 Å². The smallest absolute Gasteiger partial charge is 0.292 e. The summed E-state index contributed by atoms with van der Waals surface area (Å²) in [6.07, 6.45) is 0. The Bertz CT molecular complexity index is 539. The molecule has 1 aromatic rings. The zero-order valence-corrected chi connectivity index (χ0v) is 13.0. The number of hydrogen-bond donors (Lipinski definition) is 1. The zero-order valence-electron chi connectivity index (χ0n) is 13.0. The van der Waals surface area contributed by atoms with Crippen molar-refractivity contribution in [1.82, 2.24) is 10.2 Å². The topological polar surface area (TPSA) is 78.7 Å². The molecule has 0 unspecified atom stereocenters. The number of carbonyl (C=O) groups is 1. The van der Waals surface area contributed by atoms with Crippen molar-refractivity contribution in [2.75, 3.05) is 37.6 Å². The first kappa shape index (κ1) is 16.2.